The molecule has 1 aliphatic heterocycles. The molecule has 1 saturated heterocycles. The average molecular weight is 401 g/mol. The summed E-state index contributed by atoms with van der Waals surface area (Å²) in [7, 11) is 0. The summed E-state index contributed by atoms with van der Waals surface area (Å²) in [6.45, 7) is 2.46. The Morgan fingerprint density at radius 2 is 1.70 bits per heavy atom. The van der Waals surface area contributed by atoms with Gasteiger partial charge in [0.1, 0.15) is 0 Å². The first-order valence-electron chi connectivity index (χ1n) is 7.82. The molecule has 3 rings (SSSR count). The fourth-order valence-electron chi connectivity index (χ4n) is 3.91. The van der Waals surface area contributed by atoms with Crippen molar-refractivity contribution < 1.29 is 0 Å². The Bertz CT molecular complexity index is 456. The molecule has 2 fully saturated rings. The molecule has 3 heteroatoms. The minimum absolute atomic E-state index is 0.691. The van der Waals surface area contributed by atoms with E-state index < -0.39 is 0 Å². The summed E-state index contributed by atoms with van der Waals surface area (Å²) >= 11 is 7.27. The number of anilines is 1. The Labute approximate surface area is 139 Å². The van der Waals surface area contributed by atoms with E-state index in [1.54, 1.807) is 0 Å². The second-order valence-electron chi connectivity index (χ2n) is 6.47. The molecule has 0 N–H and O–H groups in total. The fourth-order valence-corrected chi connectivity index (χ4v) is 4.94. The van der Waals surface area contributed by atoms with Crippen molar-refractivity contribution in [3.63, 3.8) is 0 Å². The van der Waals surface area contributed by atoms with E-state index in [0.717, 1.165) is 5.33 Å². The van der Waals surface area contributed by atoms with Crippen LogP contribution in [0.2, 0.25) is 0 Å². The van der Waals surface area contributed by atoms with Crippen LogP contribution in [0.15, 0.2) is 22.7 Å². The Balaban J connectivity index is 1.68. The first-order valence-corrected chi connectivity index (χ1v) is 9.73. The van der Waals surface area contributed by atoms with Crippen molar-refractivity contribution in [3.8, 4) is 0 Å². The normalized spacial score (nSPS) is 22.2. The molecule has 1 nitrogen and oxygen atoms in total. The first kappa shape index (κ1) is 14.9. The average Bonchev–Trinajstić information content (AvgIpc) is 2.49. The van der Waals surface area contributed by atoms with Gasteiger partial charge in [-0.25, -0.2) is 0 Å². The highest BCUT2D eigenvalue weighted by Gasteiger charge is 2.35. The van der Waals surface area contributed by atoms with Crippen molar-refractivity contribution in [1.29, 1.82) is 0 Å². The summed E-state index contributed by atoms with van der Waals surface area (Å²) in [5, 5.41) is 0.926. The number of piperidine rings is 1. The Kier molecular flexibility index (Phi) is 4.76. The second-order valence-corrected chi connectivity index (χ2v) is 7.88. The molecule has 1 aromatic rings. The van der Waals surface area contributed by atoms with Crippen molar-refractivity contribution in [2.24, 2.45) is 5.41 Å². The lowest BCUT2D eigenvalue weighted by atomic mass is 9.68. The molecule has 0 atom stereocenters. The highest BCUT2D eigenvalue weighted by Crippen LogP contribution is 2.45. The smallest absolute Gasteiger partial charge is 0.0510 e. The monoisotopic (exact) mass is 399 g/mol. The Morgan fingerprint density at radius 1 is 1.00 bits per heavy atom. The first-order chi connectivity index (χ1) is 9.72. The van der Waals surface area contributed by atoms with E-state index in [-0.39, 0.29) is 0 Å². The molecule has 20 heavy (non-hydrogen) atoms. The van der Waals surface area contributed by atoms with Gasteiger partial charge in [0.25, 0.3) is 0 Å². The van der Waals surface area contributed by atoms with Gasteiger partial charge >= 0.3 is 0 Å². The van der Waals surface area contributed by atoms with Crippen LogP contribution >= 0.6 is 31.9 Å². The Morgan fingerprint density at radius 3 is 2.30 bits per heavy atom. The predicted molar refractivity (Wildman–Crippen MR) is 93.7 cm³/mol. The molecular formula is C17H23Br2N. The maximum absolute atomic E-state index is 3.75. The quantitative estimate of drug-likeness (QED) is 0.559. The van der Waals surface area contributed by atoms with Gasteiger partial charge in [-0.05, 0) is 64.7 Å². The number of benzene rings is 1. The van der Waals surface area contributed by atoms with Gasteiger partial charge < -0.3 is 4.90 Å². The number of alkyl halides is 1. The topological polar surface area (TPSA) is 3.24 Å². The summed E-state index contributed by atoms with van der Waals surface area (Å²) in [6.07, 6.45) is 10.1. The molecule has 1 aromatic carbocycles. The highest BCUT2D eigenvalue weighted by atomic mass is 79.9. The zero-order valence-corrected chi connectivity index (χ0v) is 15.2. The number of nitrogens with zero attached hydrogens (tertiary/aromatic N) is 1. The maximum Gasteiger partial charge on any atom is 0.0510 e. The lowest BCUT2D eigenvalue weighted by Gasteiger charge is -2.45. The summed E-state index contributed by atoms with van der Waals surface area (Å²) in [6, 6.07) is 6.76. The fraction of sp³-hybridized carbons (Fsp3) is 0.647. The van der Waals surface area contributed by atoms with Crippen molar-refractivity contribution in [1.82, 2.24) is 0 Å². The lowest BCUT2D eigenvalue weighted by molar-refractivity contribution is 0.144. The third-order valence-electron chi connectivity index (χ3n) is 5.25. The molecule has 110 valence electrons. The van der Waals surface area contributed by atoms with E-state index >= 15 is 0 Å². The van der Waals surface area contributed by atoms with E-state index in [9.17, 15) is 0 Å². The van der Waals surface area contributed by atoms with Crippen LogP contribution in [0, 0.1) is 5.41 Å². The van der Waals surface area contributed by atoms with Crippen LogP contribution in [0.25, 0.3) is 0 Å². The summed E-state index contributed by atoms with van der Waals surface area (Å²) in [4.78, 5) is 2.57. The summed E-state index contributed by atoms with van der Waals surface area (Å²) in [5.74, 6) is 0. The van der Waals surface area contributed by atoms with Crippen LogP contribution < -0.4 is 4.90 Å². The minimum Gasteiger partial charge on any atom is -0.371 e. The molecule has 0 bridgehead atoms. The summed E-state index contributed by atoms with van der Waals surface area (Å²) in [5.41, 5.74) is 3.40. The van der Waals surface area contributed by atoms with Crippen LogP contribution in [-0.4, -0.2) is 13.1 Å². The molecule has 0 radical (unpaired) electrons. The maximum atomic E-state index is 3.75. The lowest BCUT2D eigenvalue weighted by Crippen LogP contribution is -2.41. The van der Waals surface area contributed by atoms with Crippen molar-refractivity contribution >= 4 is 37.5 Å². The molecule has 2 aliphatic rings. The number of halogens is 2. The van der Waals surface area contributed by atoms with Crippen molar-refractivity contribution in [3.05, 3.63) is 28.2 Å². The molecular weight excluding hydrogens is 378 g/mol. The minimum atomic E-state index is 0.691. The molecule has 1 aliphatic carbocycles. The number of rotatable bonds is 2. The van der Waals surface area contributed by atoms with Gasteiger partial charge in [0.15, 0.2) is 0 Å². The molecule has 0 aromatic heterocycles. The van der Waals surface area contributed by atoms with Gasteiger partial charge in [-0.2, -0.15) is 0 Å². The number of hydrogen-bond acceptors (Lipinski definition) is 1. The van der Waals surface area contributed by atoms with Crippen LogP contribution in [0.4, 0.5) is 5.69 Å². The molecule has 1 heterocycles. The van der Waals surface area contributed by atoms with E-state index in [2.05, 4.69) is 55.0 Å². The predicted octanol–water partition coefficient (Wildman–Crippen LogP) is 5.89. The van der Waals surface area contributed by atoms with Crippen LogP contribution in [0.1, 0.15) is 50.5 Å². The molecule has 0 amide bonds. The molecule has 1 spiro atoms. The third kappa shape index (κ3) is 3.09. The zero-order chi connectivity index (χ0) is 14.0. The Hall–Kier alpha value is -0.0200. The van der Waals surface area contributed by atoms with E-state index in [1.807, 2.05) is 0 Å². The van der Waals surface area contributed by atoms with Gasteiger partial charge in [0.05, 0.1) is 5.69 Å². The van der Waals surface area contributed by atoms with Crippen molar-refractivity contribution in [2.45, 2.75) is 50.3 Å². The third-order valence-corrected chi connectivity index (χ3v) is 6.53. The van der Waals surface area contributed by atoms with E-state index in [0.29, 0.717) is 5.41 Å². The van der Waals surface area contributed by atoms with Crippen LogP contribution in [0.3, 0.4) is 0 Å². The molecule has 0 unspecified atom stereocenters. The summed E-state index contributed by atoms with van der Waals surface area (Å²) < 4.78 is 1.24. The van der Waals surface area contributed by atoms with Crippen LogP contribution in [0.5, 0.6) is 0 Å². The van der Waals surface area contributed by atoms with Gasteiger partial charge in [-0.3, -0.25) is 0 Å². The van der Waals surface area contributed by atoms with E-state index in [4.69, 9.17) is 0 Å². The van der Waals surface area contributed by atoms with Crippen molar-refractivity contribution in [2.75, 3.05) is 18.0 Å². The largest absolute Gasteiger partial charge is 0.371 e. The standard InChI is InChI=1S/C17H23Br2N/c18-13-14-4-5-16(15(19)12-14)20-10-8-17(9-11-20)6-2-1-3-7-17/h4-5,12H,1-3,6-11,13H2. The SMILES string of the molecule is BrCc1ccc(N2CCC3(CCCCC3)CC2)c(Br)c1. The van der Waals surface area contributed by atoms with Gasteiger partial charge in [0, 0.05) is 22.9 Å². The van der Waals surface area contributed by atoms with Gasteiger partial charge in [-0.1, -0.05) is 41.3 Å². The van der Waals surface area contributed by atoms with Crippen LogP contribution in [-0.2, 0) is 5.33 Å². The second kappa shape index (κ2) is 6.39. The van der Waals surface area contributed by atoms with Gasteiger partial charge in [-0.15, -0.1) is 0 Å². The number of hydrogen-bond donors (Lipinski definition) is 0. The molecule has 1 saturated carbocycles. The highest BCUT2D eigenvalue weighted by molar-refractivity contribution is 9.10. The van der Waals surface area contributed by atoms with E-state index in [1.165, 1.54) is 73.8 Å². The van der Waals surface area contributed by atoms with Gasteiger partial charge in [0.2, 0.25) is 0 Å². The zero-order valence-electron chi connectivity index (χ0n) is 12.0.